The lowest BCUT2D eigenvalue weighted by Crippen LogP contribution is -2.46. The van der Waals surface area contributed by atoms with E-state index in [4.69, 9.17) is 5.26 Å². The van der Waals surface area contributed by atoms with E-state index in [-0.39, 0.29) is 6.04 Å². The number of anilines is 1. The lowest BCUT2D eigenvalue weighted by molar-refractivity contribution is 0.110. The van der Waals surface area contributed by atoms with E-state index in [1.165, 1.54) is 4.90 Å². The summed E-state index contributed by atoms with van der Waals surface area (Å²) in [5, 5.41) is 21.7. The third-order valence-corrected chi connectivity index (χ3v) is 4.91. The number of hydrogen-bond acceptors (Lipinski definition) is 6. The number of pyridine rings is 1. The monoisotopic (exact) mass is 377 g/mol. The van der Waals surface area contributed by atoms with E-state index in [1.807, 2.05) is 0 Å². The number of amides is 1. The highest BCUT2D eigenvalue weighted by Gasteiger charge is 2.26. The number of imidazole rings is 1. The molecule has 1 aliphatic heterocycles. The van der Waals surface area contributed by atoms with Crippen molar-refractivity contribution in [2.75, 3.05) is 18.4 Å². The molecule has 1 amide bonds. The zero-order chi connectivity index (χ0) is 19.5. The van der Waals surface area contributed by atoms with E-state index in [9.17, 15) is 9.90 Å². The van der Waals surface area contributed by atoms with Gasteiger partial charge < -0.3 is 15.3 Å². The van der Waals surface area contributed by atoms with E-state index in [2.05, 4.69) is 26.3 Å². The number of rotatable bonds is 4. The number of nitrogens with zero attached hydrogens (tertiary/aromatic N) is 6. The zero-order valence-electron chi connectivity index (χ0n) is 15.1. The van der Waals surface area contributed by atoms with Crippen LogP contribution in [0.1, 0.15) is 24.8 Å². The number of carboxylic acid groups (broad SMARTS) is 1. The minimum Gasteiger partial charge on any atom is -0.465 e. The van der Waals surface area contributed by atoms with E-state index in [1.54, 1.807) is 41.2 Å². The van der Waals surface area contributed by atoms with E-state index < -0.39 is 6.09 Å². The minimum absolute atomic E-state index is 0.0707. The molecule has 2 N–H and O–H groups in total. The second kappa shape index (κ2) is 7.52. The van der Waals surface area contributed by atoms with Gasteiger partial charge in [0.15, 0.2) is 5.82 Å². The summed E-state index contributed by atoms with van der Waals surface area (Å²) in [5.41, 5.74) is 1.91. The summed E-state index contributed by atoms with van der Waals surface area (Å²) < 4.78 is 1.78. The fraction of sp³-hybridized carbons (Fsp3) is 0.316. The molecule has 28 heavy (non-hydrogen) atoms. The number of carbonyl (C=O) groups is 1. The van der Waals surface area contributed by atoms with Crippen LogP contribution in [0, 0.1) is 11.3 Å². The molecule has 4 rings (SSSR count). The van der Waals surface area contributed by atoms with Crippen LogP contribution in [0.4, 0.5) is 10.6 Å². The molecule has 1 fully saturated rings. The minimum atomic E-state index is -0.881. The van der Waals surface area contributed by atoms with Crippen LogP contribution in [-0.4, -0.2) is 54.6 Å². The maximum absolute atomic E-state index is 11.4. The van der Waals surface area contributed by atoms with Crippen LogP contribution in [0.5, 0.6) is 0 Å². The smallest absolute Gasteiger partial charge is 0.407 e. The van der Waals surface area contributed by atoms with Crippen LogP contribution in [0.3, 0.4) is 0 Å². The predicted octanol–water partition coefficient (Wildman–Crippen LogP) is 2.61. The summed E-state index contributed by atoms with van der Waals surface area (Å²) in [6, 6.07) is 7.28. The van der Waals surface area contributed by atoms with E-state index in [0.29, 0.717) is 41.6 Å². The molecule has 9 nitrogen and oxygen atoms in total. The van der Waals surface area contributed by atoms with Gasteiger partial charge >= 0.3 is 6.09 Å². The van der Waals surface area contributed by atoms with Gasteiger partial charge in [0.2, 0.25) is 0 Å². The van der Waals surface area contributed by atoms with Crippen molar-refractivity contribution in [3.05, 3.63) is 42.4 Å². The van der Waals surface area contributed by atoms with E-state index in [0.717, 1.165) is 19.3 Å². The van der Waals surface area contributed by atoms with Crippen LogP contribution >= 0.6 is 0 Å². The molecule has 0 aliphatic carbocycles. The SMILES string of the molecule is N#Cc1ccc2ncc(-c3nccc(NCC4CCCCN4C(=O)O)n3)n2c1. The number of nitriles is 1. The highest BCUT2D eigenvalue weighted by atomic mass is 16.4. The van der Waals surface area contributed by atoms with Crippen LogP contribution < -0.4 is 5.32 Å². The fourth-order valence-corrected chi connectivity index (χ4v) is 3.48. The number of fused-ring (bicyclic) bond motifs is 1. The summed E-state index contributed by atoms with van der Waals surface area (Å²) in [6.07, 6.45) is 6.90. The van der Waals surface area contributed by atoms with E-state index >= 15 is 0 Å². The quantitative estimate of drug-likeness (QED) is 0.717. The summed E-state index contributed by atoms with van der Waals surface area (Å²) >= 11 is 0. The topological polar surface area (TPSA) is 119 Å². The first-order valence-corrected chi connectivity index (χ1v) is 9.10. The summed E-state index contributed by atoms with van der Waals surface area (Å²) in [7, 11) is 0. The maximum Gasteiger partial charge on any atom is 0.407 e. The van der Waals surface area contributed by atoms with Crippen molar-refractivity contribution in [2.45, 2.75) is 25.3 Å². The third-order valence-electron chi connectivity index (χ3n) is 4.91. The predicted molar refractivity (Wildman–Crippen MR) is 102 cm³/mol. The molecule has 0 aromatic carbocycles. The first-order chi connectivity index (χ1) is 13.7. The molecule has 0 bridgehead atoms. The van der Waals surface area contributed by atoms with Gasteiger partial charge in [0.25, 0.3) is 0 Å². The lowest BCUT2D eigenvalue weighted by atomic mass is 10.0. The number of nitrogens with one attached hydrogen (secondary N) is 1. The highest BCUT2D eigenvalue weighted by Crippen LogP contribution is 2.20. The third kappa shape index (κ3) is 3.44. The van der Waals surface area contributed by atoms with Crippen LogP contribution in [0.25, 0.3) is 17.2 Å². The van der Waals surface area contributed by atoms with Crippen LogP contribution in [-0.2, 0) is 0 Å². The summed E-state index contributed by atoms with van der Waals surface area (Å²) in [5.74, 6) is 1.10. The number of likely N-dealkylation sites (tertiary alicyclic amines) is 1. The Bertz CT molecular complexity index is 1060. The first kappa shape index (κ1) is 17.7. The average Bonchev–Trinajstić information content (AvgIpc) is 3.15. The van der Waals surface area contributed by atoms with Crippen molar-refractivity contribution in [3.63, 3.8) is 0 Å². The van der Waals surface area contributed by atoms with Crippen LogP contribution in [0.15, 0.2) is 36.8 Å². The first-order valence-electron chi connectivity index (χ1n) is 9.10. The van der Waals surface area contributed by atoms with Gasteiger partial charge in [-0.15, -0.1) is 0 Å². The summed E-state index contributed by atoms with van der Waals surface area (Å²) in [6.45, 7) is 1.06. The van der Waals surface area contributed by atoms with Gasteiger partial charge in [-0.3, -0.25) is 4.40 Å². The Morgan fingerprint density at radius 1 is 1.32 bits per heavy atom. The lowest BCUT2D eigenvalue weighted by Gasteiger charge is -2.33. The van der Waals surface area contributed by atoms with Gasteiger partial charge in [0.05, 0.1) is 17.8 Å². The molecule has 142 valence electrons. The van der Waals surface area contributed by atoms with Crippen molar-refractivity contribution >= 4 is 17.6 Å². The summed E-state index contributed by atoms with van der Waals surface area (Å²) in [4.78, 5) is 26.1. The Kier molecular flexibility index (Phi) is 4.76. The van der Waals surface area contributed by atoms with Crippen molar-refractivity contribution in [2.24, 2.45) is 0 Å². The van der Waals surface area contributed by atoms with Gasteiger partial charge in [-0.25, -0.2) is 19.7 Å². The molecule has 3 aromatic heterocycles. The van der Waals surface area contributed by atoms with Gasteiger partial charge in [-0.2, -0.15) is 5.26 Å². The Labute approximate surface area is 161 Å². The molecule has 0 radical (unpaired) electrons. The zero-order valence-corrected chi connectivity index (χ0v) is 15.1. The number of hydrogen-bond donors (Lipinski definition) is 2. The fourth-order valence-electron chi connectivity index (χ4n) is 3.48. The van der Waals surface area contributed by atoms with Crippen molar-refractivity contribution < 1.29 is 9.90 Å². The highest BCUT2D eigenvalue weighted by molar-refractivity contribution is 5.65. The van der Waals surface area contributed by atoms with Crippen molar-refractivity contribution in [3.8, 4) is 17.6 Å². The molecule has 1 unspecified atom stereocenters. The Balaban J connectivity index is 1.55. The Morgan fingerprint density at radius 3 is 3.04 bits per heavy atom. The standard InChI is InChI=1S/C19H19N7O2/c20-9-13-4-5-17-23-11-15(26(17)12-13)18-21-7-6-16(24-18)22-10-14-3-1-2-8-25(14)19(27)28/h4-7,11-12,14H,1-3,8,10H2,(H,27,28)(H,21,22,24). The van der Waals surface area contributed by atoms with Gasteiger partial charge in [0.1, 0.15) is 23.2 Å². The second-order valence-corrected chi connectivity index (χ2v) is 6.67. The molecule has 1 aliphatic rings. The number of aromatic nitrogens is 4. The van der Waals surface area contributed by atoms with Gasteiger partial charge in [0, 0.05) is 25.5 Å². The van der Waals surface area contributed by atoms with Crippen LogP contribution in [0.2, 0.25) is 0 Å². The second-order valence-electron chi connectivity index (χ2n) is 6.67. The van der Waals surface area contributed by atoms with Crippen molar-refractivity contribution in [1.29, 1.82) is 5.26 Å². The molecule has 3 aromatic rings. The molecular formula is C19H19N7O2. The number of piperidine rings is 1. The molecule has 0 spiro atoms. The normalized spacial score (nSPS) is 16.7. The average molecular weight is 377 g/mol. The molecular weight excluding hydrogens is 358 g/mol. The molecule has 4 heterocycles. The molecule has 0 saturated carbocycles. The van der Waals surface area contributed by atoms with Crippen molar-refractivity contribution in [1.82, 2.24) is 24.3 Å². The van der Waals surface area contributed by atoms with Gasteiger partial charge in [-0.05, 0) is 37.5 Å². The molecule has 9 heteroatoms. The molecule has 1 atom stereocenters. The molecule has 1 saturated heterocycles. The Morgan fingerprint density at radius 2 is 2.21 bits per heavy atom. The Hall–Kier alpha value is -3.67. The largest absolute Gasteiger partial charge is 0.465 e. The van der Waals surface area contributed by atoms with Gasteiger partial charge in [-0.1, -0.05) is 0 Å². The maximum atomic E-state index is 11.4.